The number of carboxylic acid groups (broad SMARTS) is 1. The molecule has 0 aliphatic carbocycles. The molecule has 1 aliphatic heterocycles. The highest BCUT2D eigenvalue weighted by molar-refractivity contribution is 5.97. The number of carbonyl (C=O) groups is 2. The molecule has 1 aromatic carbocycles. The third-order valence-electron chi connectivity index (χ3n) is 3.88. The quantitative estimate of drug-likeness (QED) is 0.902. The minimum absolute atomic E-state index is 0.170. The number of hydrogen-bond acceptors (Lipinski definition) is 2. The fraction of sp³-hybridized carbons (Fsp3) is 0.500. The van der Waals surface area contributed by atoms with E-state index in [-0.39, 0.29) is 5.91 Å². The van der Waals surface area contributed by atoms with Gasteiger partial charge in [0.1, 0.15) is 6.04 Å². The number of piperidine rings is 1. The van der Waals surface area contributed by atoms with Gasteiger partial charge >= 0.3 is 5.97 Å². The Bertz CT molecular complexity index is 518. The Kier molecular flexibility index (Phi) is 4.12. The molecule has 4 nitrogen and oxygen atoms in total. The van der Waals surface area contributed by atoms with Crippen LogP contribution in [0.3, 0.4) is 0 Å². The predicted molar refractivity (Wildman–Crippen MR) is 76.8 cm³/mol. The molecule has 2 unspecified atom stereocenters. The summed E-state index contributed by atoms with van der Waals surface area (Å²) in [6, 6.07) is 4.95. The van der Waals surface area contributed by atoms with Crippen molar-refractivity contribution >= 4 is 11.9 Å². The lowest BCUT2D eigenvalue weighted by molar-refractivity contribution is -0.144. The molecule has 1 amide bonds. The second-order valence-electron chi connectivity index (χ2n) is 5.86. The van der Waals surface area contributed by atoms with E-state index >= 15 is 0 Å². The van der Waals surface area contributed by atoms with Crippen molar-refractivity contribution in [1.82, 2.24) is 4.90 Å². The molecular formula is C16H21NO3. The zero-order valence-electron chi connectivity index (χ0n) is 12.2. The van der Waals surface area contributed by atoms with Crippen molar-refractivity contribution in [3.05, 3.63) is 34.9 Å². The van der Waals surface area contributed by atoms with E-state index in [0.717, 1.165) is 17.5 Å². The fourth-order valence-electron chi connectivity index (χ4n) is 2.88. The van der Waals surface area contributed by atoms with Crippen LogP contribution in [0, 0.1) is 19.8 Å². The SMILES string of the molecule is Cc1cc(C)cc(C(=O)N2CCC(C)CC2C(=O)O)c1. The average Bonchev–Trinajstić information content (AvgIpc) is 2.36. The first-order valence-corrected chi connectivity index (χ1v) is 7.00. The first-order valence-electron chi connectivity index (χ1n) is 7.00. The van der Waals surface area contributed by atoms with Crippen LogP contribution in [-0.2, 0) is 4.79 Å². The van der Waals surface area contributed by atoms with Gasteiger partial charge < -0.3 is 10.0 Å². The van der Waals surface area contributed by atoms with Gasteiger partial charge in [-0.05, 0) is 44.7 Å². The lowest BCUT2D eigenvalue weighted by Crippen LogP contribution is -2.49. The number of amides is 1. The van der Waals surface area contributed by atoms with Gasteiger partial charge in [0.05, 0.1) is 0 Å². The minimum atomic E-state index is -0.908. The standard InChI is InChI=1S/C16H21NO3/c1-10-4-5-17(14(9-10)16(19)20)15(18)13-7-11(2)6-12(3)8-13/h6-8,10,14H,4-5,9H2,1-3H3,(H,19,20). The maximum atomic E-state index is 12.6. The summed E-state index contributed by atoms with van der Waals surface area (Å²) in [5.41, 5.74) is 2.62. The summed E-state index contributed by atoms with van der Waals surface area (Å²) in [6.45, 7) is 6.44. The molecule has 1 aliphatic rings. The number of aliphatic carboxylic acids is 1. The Morgan fingerprint density at radius 2 is 1.80 bits per heavy atom. The molecule has 108 valence electrons. The molecule has 0 spiro atoms. The average molecular weight is 275 g/mol. The summed E-state index contributed by atoms with van der Waals surface area (Å²) in [5, 5.41) is 9.34. The molecule has 20 heavy (non-hydrogen) atoms. The number of likely N-dealkylation sites (tertiary alicyclic amines) is 1. The van der Waals surface area contributed by atoms with E-state index in [9.17, 15) is 14.7 Å². The molecule has 1 N–H and O–H groups in total. The van der Waals surface area contributed by atoms with E-state index in [1.807, 2.05) is 39.0 Å². The number of rotatable bonds is 2. The van der Waals surface area contributed by atoms with E-state index < -0.39 is 12.0 Å². The molecule has 4 heteroatoms. The zero-order chi connectivity index (χ0) is 14.9. The number of carbonyl (C=O) groups excluding carboxylic acids is 1. The highest BCUT2D eigenvalue weighted by atomic mass is 16.4. The number of nitrogens with zero attached hydrogens (tertiary/aromatic N) is 1. The third kappa shape index (κ3) is 3.00. The lowest BCUT2D eigenvalue weighted by Gasteiger charge is -2.36. The molecule has 1 heterocycles. The highest BCUT2D eigenvalue weighted by Crippen LogP contribution is 2.25. The van der Waals surface area contributed by atoms with Crippen LogP contribution in [-0.4, -0.2) is 34.5 Å². The van der Waals surface area contributed by atoms with Crippen molar-refractivity contribution in [1.29, 1.82) is 0 Å². The van der Waals surface area contributed by atoms with Crippen LogP contribution < -0.4 is 0 Å². The van der Waals surface area contributed by atoms with E-state index in [4.69, 9.17) is 0 Å². The van der Waals surface area contributed by atoms with Crippen LogP contribution in [0.5, 0.6) is 0 Å². The monoisotopic (exact) mass is 275 g/mol. The van der Waals surface area contributed by atoms with Crippen molar-refractivity contribution in [2.24, 2.45) is 5.92 Å². The lowest BCUT2D eigenvalue weighted by atomic mass is 9.91. The van der Waals surface area contributed by atoms with Gasteiger partial charge in [-0.1, -0.05) is 24.1 Å². The first-order chi connectivity index (χ1) is 9.38. The van der Waals surface area contributed by atoms with E-state index in [1.54, 1.807) is 0 Å². The van der Waals surface area contributed by atoms with Crippen molar-refractivity contribution in [3.63, 3.8) is 0 Å². The van der Waals surface area contributed by atoms with E-state index in [0.29, 0.717) is 24.4 Å². The number of hydrogen-bond donors (Lipinski definition) is 1. The molecular weight excluding hydrogens is 254 g/mol. The largest absolute Gasteiger partial charge is 0.480 e. The summed E-state index contributed by atoms with van der Waals surface area (Å²) >= 11 is 0. The Morgan fingerprint density at radius 3 is 2.35 bits per heavy atom. The second-order valence-corrected chi connectivity index (χ2v) is 5.86. The van der Waals surface area contributed by atoms with Crippen LogP contribution in [0.4, 0.5) is 0 Å². The van der Waals surface area contributed by atoms with Gasteiger partial charge in [0, 0.05) is 12.1 Å². The van der Waals surface area contributed by atoms with Crippen molar-refractivity contribution in [3.8, 4) is 0 Å². The molecule has 0 aromatic heterocycles. The zero-order valence-corrected chi connectivity index (χ0v) is 12.2. The predicted octanol–water partition coefficient (Wildman–Crippen LogP) is 2.63. The molecule has 1 aromatic rings. The number of carboxylic acids is 1. The Hall–Kier alpha value is -1.84. The normalized spacial score (nSPS) is 22.6. The van der Waals surface area contributed by atoms with Crippen LogP contribution in [0.2, 0.25) is 0 Å². The highest BCUT2D eigenvalue weighted by Gasteiger charge is 2.35. The molecule has 0 radical (unpaired) electrons. The minimum Gasteiger partial charge on any atom is -0.480 e. The smallest absolute Gasteiger partial charge is 0.326 e. The molecule has 0 bridgehead atoms. The van der Waals surface area contributed by atoms with Gasteiger partial charge in [0.25, 0.3) is 5.91 Å². The van der Waals surface area contributed by atoms with Crippen molar-refractivity contribution in [2.45, 2.75) is 39.7 Å². The second kappa shape index (κ2) is 5.65. The maximum absolute atomic E-state index is 12.6. The third-order valence-corrected chi connectivity index (χ3v) is 3.88. The van der Waals surface area contributed by atoms with Gasteiger partial charge in [-0.15, -0.1) is 0 Å². The van der Waals surface area contributed by atoms with Crippen molar-refractivity contribution < 1.29 is 14.7 Å². The molecule has 2 rings (SSSR count). The molecule has 1 saturated heterocycles. The topological polar surface area (TPSA) is 57.6 Å². The van der Waals surface area contributed by atoms with Crippen molar-refractivity contribution in [2.75, 3.05) is 6.54 Å². The Balaban J connectivity index is 2.28. The summed E-state index contributed by atoms with van der Waals surface area (Å²) < 4.78 is 0. The molecule has 2 atom stereocenters. The van der Waals surface area contributed by atoms with Crippen LogP contribution in [0.15, 0.2) is 18.2 Å². The van der Waals surface area contributed by atoms with Crippen LogP contribution >= 0.6 is 0 Å². The number of benzene rings is 1. The summed E-state index contributed by atoms with van der Waals surface area (Å²) in [6.07, 6.45) is 1.40. The first kappa shape index (κ1) is 14.6. The summed E-state index contributed by atoms with van der Waals surface area (Å²) in [5.74, 6) is -0.732. The van der Waals surface area contributed by atoms with E-state index in [1.165, 1.54) is 4.90 Å². The van der Waals surface area contributed by atoms with Crippen LogP contribution in [0.1, 0.15) is 41.3 Å². The summed E-state index contributed by atoms with van der Waals surface area (Å²) in [7, 11) is 0. The van der Waals surface area contributed by atoms with Gasteiger partial charge in [-0.3, -0.25) is 4.79 Å². The van der Waals surface area contributed by atoms with Gasteiger partial charge in [-0.25, -0.2) is 4.79 Å². The van der Waals surface area contributed by atoms with Gasteiger partial charge in [-0.2, -0.15) is 0 Å². The van der Waals surface area contributed by atoms with Crippen LogP contribution in [0.25, 0.3) is 0 Å². The van der Waals surface area contributed by atoms with Gasteiger partial charge in [0.2, 0.25) is 0 Å². The molecule has 0 saturated carbocycles. The fourth-order valence-corrected chi connectivity index (χ4v) is 2.88. The Labute approximate surface area is 119 Å². The van der Waals surface area contributed by atoms with Gasteiger partial charge in [0.15, 0.2) is 0 Å². The van der Waals surface area contributed by atoms with E-state index in [2.05, 4.69) is 0 Å². The molecule has 1 fully saturated rings. The Morgan fingerprint density at radius 1 is 1.20 bits per heavy atom. The maximum Gasteiger partial charge on any atom is 0.326 e. The number of aryl methyl sites for hydroxylation is 2. The summed E-state index contributed by atoms with van der Waals surface area (Å²) in [4.78, 5) is 25.5.